The van der Waals surface area contributed by atoms with Crippen LogP contribution in [-0.2, 0) is 0 Å². The summed E-state index contributed by atoms with van der Waals surface area (Å²) in [5, 5.41) is 22.4. The highest BCUT2D eigenvalue weighted by atomic mass is 16.5. The number of fused-ring (bicyclic) bond motifs is 2. The van der Waals surface area contributed by atoms with E-state index in [4.69, 9.17) is 18.3 Å². The lowest BCUT2D eigenvalue weighted by Crippen LogP contribution is -2.00. The zero-order valence-electron chi connectivity index (χ0n) is 14.8. The average molecular weight is 382 g/mol. The fourth-order valence-corrected chi connectivity index (χ4v) is 3.13. The minimum absolute atomic E-state index is 0.0119. The molecule has 2 aromatic heterocycles. The molecule has 4 rings (SSSR count). The molecule has 0 fully saturated rings. The molecule has 0 unspecified atom stereocenters. The summed E-state index contributed by atoms with van der Waals surface area (Å²) in [6.07, 6.45) is 0. The molecule has 28 heavy (non-hydrogen) atoms. The smallest absolute Gasteiger partial charge is 0.336 e. The number of phenolic OH excluding ortho intramolecular Hbond substituents is 2. The van der Waals surface area contributed by atoms with Gasteiger partial charge in [-0.05, 0) is 24.3 Å². The van der Waals surface area contributed by atoms with Gasteiger partial charge in [0.1, 0.15) is 0 Å². The van der Waals surface area contributed by atoms with Crippen molar-refractivity contribution >= 4 is 21.9 Å². The van der Waals surface area contributed by atoms with E-state index in [1.807, 2.05) is 0 Å². The quantitative estimate of drug-likeness (QED) is 0.519. The molecule has 2 heterocycles. The summed E-state index contributed by atoms with van der Waals surface area (Å²) in [5.41, 5.74) is -1.48. The van der Waals surface area contributed by atoms with Crippen LogP contribution in [0.5, 0.6) is 23.0 Å². The molecule has 8 nitrogen and oxygen atoms in total. The maximum Gasteiger partial charge on any atom is 0.336 e. The summed E-state index contributed by atoms with van der Waals surface area (Å²) >= 11 is 0. The Morgan fingerprint density at radius 1 is 0.714 bits per heavy atom. The third kappa shape index (κ3) is 2.54. The van der Waals surface area contributed by atoms with Crippen molar-refractivity contribution in [1.82, 2.24) is 0 Å². The van der Waals surface area contributed by atoms with Crippen molar-refractivity contribution in [1.29, 1.82) is 0 Å². The number of ether oxygens (including phenoxy) is 2. The Kier molecular flexibility index (Phi) is 3.96. The zero-order valence-corrected chi connectivity index (χ0v) is 14.8. The zero-order chi connectivity index (χ0) is 20.0. The molecular formula is C20H14O8. The molecule has 0 bridgehead atoms. The van der Waals surface area contributed by atoms with Gasteiger partial charge in [-0.25, -0.2) is 9.59 Å². The second-order valence-corrected chi connectivity index (χ2v) is 5.95. The molecule has 0 saturated heterocycles. The highest BCUT2D eigenvalue weighted by Gasteiger charge is 2.26. The van der Waals surface area contributed by atoms with E-state index in [0.717, 1.165) is 0 Å². The minimum atomic E-state index is -0.661. The van der Waals surface area contributed by atoms with Gasteiger partial charge in [0.2, 0.25) is 0 Å². The summed E-state index contributed by atoms with van der Waals surface area (Å²) in [5.74, 6) is -0.656. The van der Waals surface area contributed by atoms with E-state index in [1.54, 1.807) is 0 Å². The maximum atomic E-state index is 11.8. The average Bonchev–Trinajstić information content (AvgIpc) is 2.68. The van der Waals surface area contributed by atoms with Crippen LogP contribution < -0.4 is 20.7 Å². The molecule has 142 valence electrons. The molecule has 8 heteroatoms. The van der Waals surface area contributed by atoms with Crippen LogP contribution in [0.2, 0.25) is 0 Å². The van der Waals surface area contributed by atoms with Gasteiger partial charge in [-0.1, -0.05) is 0 Å². The molecule has 0 atom stereocenters. The molecule has 0 aliphatic rings. The largest absolute Gasteiger partial charge is 0.504 e. The van der Waals surface area contributed by atoms with Crippen molar-refractivity contribution in [3.63, 3.8) is 0 Å². The Labute approximate surface area is 156 Å². The lowest BCUT2D eigenvalue weighted by Gasteiger charge is -2.15. The number of hydrogen-bond donors (Lipinski definition) is 2. The van der Waals surface area contributed by atoms with Crippen molar-refractivity contribution in [2.45, 2.75) is 0 Å². The third-order valence-corrected chi connectivity index (χ3v) is 4.39. The monoisotopic (exact) mass is 382 g/mol. The van der Waals surface area contributed by atoms with E-state index in [1.165, 1.54) is 50.6 Å². The summed E-state index contributed by atoms with van der Waals surface area (Å²) in [4.78, 5) is 23.6. The van der Waals surface area contributed by atoms with Gasteiger partial charge >= 0.3 is 11.3 Å². The first-order chi connectivity index (χ1) is 13.4. The van der Waals surface area contributed by atoms with Gasteiger partial charge in [-0.15, -0.1) is 0 Å². The Bertz CT molecular complexity index is 1240. The van der Waals surface area contributed by atoms with Gasteiger partial charge < -0.3 is 28.5 Å². The van der Waals surface area contributed by atoms with E-state index in [-0.39, 0.29) is 33.8 Å². The summed E-state index contributed by atoms with van der Waals surface area (Å²) < 4.78 is 21.0. The second kappa shape index (κ2) is 6.34. The Morgan fingerprint density at radius 2 is 1.11 bits per heavy atom. The van der Waals surface area contributed by atoms with Crippen LogP contribution >= 0.6 is 0 Å². The van der Waals surface area contributed by atoms with Gasteiger partial charge in [0.25, 0.3) is 0 Å². The topological polar surface area (TPSA) is 119 Å². The molecule has 2 N–H and O–H groups in total. The Morgan fingerprint density at radius 3 is 1.46 bits per heavy atom. The van der Waals surface area contributed by atoms with Crippen molar-refractivity contribution < 1.29 is 28.5 Å². The Hall–Kier alpha value is -3.94. The number of phenols is 2. The highest BCUT2D eigenvalue weighted by molar-refractivity contribution is 6.07. The molecule has 0 spiro atoms. The van der Waals surface area contributed by atoms with Crippen LogP contribution in [-0.4, -0.2) is 24.4 Å². The highest BCUT2D eigenvalue weighted by Crippen LogP contribution is 2.50. The lowest BCUT2D eigenvalue weighted by atomic mass is 9.97. The summed E-state index contributed by atoms with van der Waals surface area (Å²) in [7, 11) is 2.71. The summed E-state index contributed by atoms with van der Waals surface area (Å²) in [6.45, 7) is 0. The second-order valence-electron chi connectivity index (χ2n) is 5.95. The lowest BCUT2D eigenvalue weighted by molar-refractivity contribution is 0.370. The van der Waals surface area contributed by atoms with Gasteiger partial charge in [-0.3, -0.25) is 0 Å². The van der Waals surface area contributed by atoms with E-state index >= 15 is 0 Å². The fraction of sp³-hybridized carbons (Fsp3) is 0.100. The predicted molar refractivity (Wildman–Crippen MR) is 100 cm³/mol. The molecule has 0 aliphatic heterocycles. The van der Waals surface area contributed by atoms with Crippen molar-refractivity contribution in [2.75, 3.05) is 14.2 Å². The van der Waals surface area contributed by atoms with Crippen LogP contribution in [0.15, 0.2) is 54.8 Å². The van der Waals surface area contributed by atoms with Crippen molar-refractivity contribution in [3.8, 4) is 34.1 Å². The van der Waals surface area contributed by atoms with Gasteiger partial charge in [0.15, 0.2) is 34.2 Å². The molecule has 0 aliphatic carbocycles. The first kappa shape index (κ1) is 17.5. The van der Waals surface area contributed by atoms with Crippen LogP contribution in [0.3, 0.4) is 0 Å². The van der Waals surface area contributed by atoms with E-state index in [2.05, 4.69) is 0 Å². The minimum Gasteiger partial charge on any atom is -0.504 e. The maximum absolute atomic E-state index is 11.8. The SMILES string of the molecule is COc1cc2ccc(=O)oc2c(-c2c(O)c(OC)cc3ccc(=O)oc23)c1O. The molecule has 0 radical (unpaired) electrons. The number of benzene rings is 2. The van der Waals surface area contributed by atoms with Crippen LogP contribution in [0, 0.1) is 0 Å². The standard InChI is InChI=1S/C20H14O8/c1-25-11-7-9-3-5-13(21)27-19(9)15(17(11)23)16-18(24)12(26-2)8-10-4-6-14(22)28-20(10)16/h3-8,23-24H,1-2H3. The van der Waals surface area contributed by atoms with E-state index in [0.29, 0.717) is 10.8 Å². The van der Waals surface area contributed by atoms with Gasteiger partial charge in [-0.2, -0.15) is 0 Å². The third-order valence-electron chi connectivity index (χ3n) is 4.39. The van der Waals surface area contributed by atoms with Crippen molar-refractivity contribution in [3.05, 3.63) is 57.2 Å². The van der Waals surface area contributed by atoms with Crippen LogP contribution in [0.4, 0.5) is 0 Å². The van der Waals surface area contributed by atoms with E-state index < -0.39 is 22.8 Å². The molecule has 0 saturated carbocycles. The fourth-order valence-electron chi connectivity index (χ4n) is 3.13. The Balaban J connectivity index is 2.30. The van der Waals surface area contributed by atoms with Crippen LogP contribution in [0.25, 0.3) is 33.1 Å². The number of methoxy groups -OCH3 is 2. The number of aromatic hydroxyl groups is 2. The van der Waals surface area contributed by atoms with Gasteiger partial charge in [0, 0.05) is 22.9 Å². The normalized spacial score (nSPS) is 11.1. The molecular weight excluding hydrogens is 368 g/mol. The van der Waals surface area contributed by atoms with Crippen molar-refractivity contribution in [2.24, 2.45) is 0 Å². The predicted octanol–water partition coefficient (Wildman–Crippen LogP) is 2.99. The number of rotatable bonds is 3. The molecule has 0 amide bonds. The van der Waals surface area contributed by atoms with E-state index in [9.17, 15) is 19.8 Å². The first-order valence-corrected chi connectivity index (χ1v) is 8.12. The summed E-state index contributed by atoms with van der Waals surface area (Å²) in [6, 6.07) is 8.36. The van der Waals surface area contributed by atoms with Gasteiger partial charge in [0.05, 0.1) is 25.3 Å². The first-order valence-electron chi connectivity index (χ1n) is 8.12. The number of hydrogen-bond acceptors (Lipinski definition) is 8. The van der Waals surface area contributed by atoms with Crippen LogP contribution in [0.1, 0.15) is 0 Å². The molecule has 2 aromatic carbocycles. The molecule has 4 aromatic rings.